The third-order valence-electron chi connectivity index (χ3n) is 3.38. The van der Waals surface area contributed by atoms with Gasteiger partial charge in [0.1, 0.15) is 0 Å². The number of hydrogen-bond donors (Lipinski definition) is 2. The molecule has 1 aliphatic carbocycles. The molecular formula is C14H28N2O. The minimum absolute atomic E-state index is 0.0152. The molecule has 1 atom stereocenters. The first kappa shape index (κ1) is 14.5. The largest absolute Gasteiger partial charge is 0.356 e. The van der Waals surface area contributed by atoms with Crippen molar-refractivity contribution in [2.24, 2.45) is 17.1 Å². The van der Waals surface area contributed by atoms with E-state index in [4.69, 9.17) is 5.73 Å². The summed E-state index contributed by atoms with van der Waals surface area (Å²) < 4.78 is 0. The van der Waals surface area contributed by atoms with Gasteiger partial charge in [0.25, 0.3) is 0 Å². The highest BCUT2D eigenvalue weighted by atomic mass is 16.1. The molecule has 3 N–H and O–H groups in total. The molecule has 17 heavy (non-hydrogen) atoms. The average Bonchev–Trinajstić information content (AvgIpc) is 2.63. The molecule has 0 aromatic heterocycles. The van der Waals surface area contributed by atoms with Crippen LogP contribution in [0, 0.1) is 11.3 Å². The van der Waals surface area contributed by atoms with Gasteiger partial charge in [0, 0.05) is 19.0 Å². The highest BCUT2D eigenvalue weighted by Gasteiger charge is 2.19. The fourth-order valence-electron chi connectivity index (χ4n) is 2.64. The van der Waals surface area contributed by atoms with Crippen molar-refractivity contribution < 1.29 is 4.79 Å². The van der Waals surface area contributed by atoms with Gasteiger partial charge >= 0.3 is 0 Å². The third-order valence-corrected chi connectivity index (χ3v) is 3.38. The van der Waals surface area contributed by atoms with Crippen molar-refractivity contribution in [2.75, 3.05) is 6.54 Å². The van der Waals surface area contributed by atoms with E-state index in [1.54, 1.807) is 0 Å². The summed E-state index contributed by atoms with van der Waals surface area (Å²) in [6, 6.07) is -0.0152. The number of carbonyl (C=O) groups excluding carboxylic acids is 1. The predicted molar refractivity (Wildman–Crippen MR) is 71.6 cm³/mol. The van der Waals surface area contributed by atoms with Gasteiger partial charge in [-0.2, -0.15) is 0 Å². The van der Waals surface area contributed by atoms with Crippen molar-refractivity contribution in [2.45, 2.75) is 65.3 Å². The third kappa shape index (κ3) is 6.67. The summed E-state index contributed by atoms with van der Waals surface area (Å²) in [5.74, 6) is 0.825. The minimum Gasteiger partial charge on any atom is -0.356 e. The maximum atomic E-state index is 11.7. The van der Waals surface area contributed by atoms with Crippen LogP contribution in [-0.4, -0.2) is 18.5 Å². The molecule has 3 nitrogen and oxygen atoms in total. The number of amides is 1. The summed E-state index contributed by atoms with van der Waals surface area (Å²) in [4.78, 5) is 11.7. The first-order valence-corrected chi connectivity index (χ1v) is 6.89. The van der Waals surface area contributed by atoms with E-state index in [0.29, 0.717) is 12.3 Å². The molecule has 1 aliphatic rings. The number of nitrogens with two attached hydrogens (primary N) is 1. The Balaban J connectivity index is 2.15. The SMILES string of the molecule is CC(C)(C)CC(N)CC(=O)NCC1CCCC1. The van der Waals surface area contributed by atoms with Crippen molar-refractivity contribution in [1.82, 2.24) is 5.32 Å². The van der Waals surface area contributed by atoms with Crippen LogP contribution in [-0.2, 0) is 4.79 Å². The quantitative estimate of drug-likeness (QED) is 0.775. The highest BCUT2D eigenvalue weighted by Crippen LogP contribution is 2.24. The molecular weight excluding hydrogens is 212 g/mol. The lowest BCUT2D eigenvalue weighted by Crippen LogP contribution is -2.35. The molecule has 1 amide bonds. The van der Waals surface area contributed by atoms with Crippen LogP contribution in [0.25, 0.3) is 0 Å². The Labute approximate surface area is 106 Å². The van der Waals surface area contributed by atoms with Crippen molar-refractivity contribution in [1.29, 1.82) is 0 Å². The summed E-state index contributed by atoms with van der Waals surface area (Å²) in [6.07, 6.45) is 6.55. The number of carbonyl (C=O) groups is 1. The molecule has 0 heterocycles. The van der Waals surface area contributed by atoms with Crippen molar-refractivity contribution >= 4 is 5.91 Å². The lowest BCUT2D eigenvalue weighted by molar-refractivity contribution is -0.121. The molecule has 100 valence electrons. The van der Waals surface area contributed by atoms with Gasteiger partial charge in [-0.15, -0.1) is 0 Å². The molecule has 1 unspecified atom stereocenters. The fraction of sp³-hybridized carbons (Fsp3) is 0.929. The molecule has 0 bridgehead atoms. The van der Waals surface area contributed by atoms with Gasteiger partial charge in [-0.3, -0.25) is 4.79 Å². The predicted octanol–water partition coefficient (Wildman–Crippen LogP) is 2.45. The standard InChI is InChI=1S/C14H28N2O/c1-14(2,3)9-12(15)8-13(17)16-10-11-6-4-5-7-11/h11-12H,4-10,15H2,1-3H3,(H,16,17). The van der Waals surface area contributed by atoms with E-state index in [9.17, 15) is 4.79 Å². The molecule has 3 heteroatoms. The molecule has 1 saturated carbocycles. The molecule has 1 rings (SSSR count). The van der Waals surface area contributed by atoms with Gasteiger partial charge in [0.05, 0.1) is 0 Å². The Morgan fingerprint density at radius 1 is 1.35 bits per heavy atom. The zero-order chi connectivity index (χ0) is 12.9. The molecule has 1 fully saturated rings. The van der Waals surface area contributed by atoms with Gasteiger partial charge in [-0.1, -0.05) is 33.6 Å². The van der Waals surface area contributed by atoms with E-state index < -0.39 is 0 Å². The van der Waals surface area contributed by atoms with E-state index in [1.807, 2.05) is 0 Å². The van der Waals surface area contributed by atoms with Gasteiger partial charge in [0.2, 0.25) is 5.91 Å². The van der Waals surface area contributed by atoms with Crippen molar-refractivity contribution in [3.8, 4) is 0 Å². The molecule has 0 saturated heterocycles. The van der Waals surface area contributed by atoms with Crippen molar-refractivity contribution in [3.63, 3.8) is 0 Å². The Bertz CT molecular complexity index is 239. The first-order chi connectivity index (χ1) is 7.87. The van der Waals surface area contributed by atoms with Crippen LogP contribution in [0.2, 0.25) is 0 Å². The van der Waals surface area contributed by atoms with Gasteiger partial charge in [-0.05, 0) is 30.6 Å². The highest BCUT2D eigenvalue weighted by molar-refractivity contribution is 5.76. The van der Waals surface area contributed by atoms with E-state index in [2.05, 4.69) is 26.1 Å². The second-order valence-corrected chi connectivity index (χ2v) is 6.68. The second kappa shape index (κ2) is 6.39. The molecule has 0 aromatic rings. The summed E-state index contributed by atoms with van der Waals surface area (Å²) in [7, 11) is 0. The summed E-state index contributed by atoms with van der Waals surface area (Å²) in [5.41, 5.74) is 6.18. The zero-order valence-electron chi connectivity index (χ0n) is 11.6. The van der Waals surface area contributed by atoms with Crippen LogP contribution in [0.4, 0.5) is 0 Å². The van der Waals surface area contributed by atoms with E-state index >= 15 is 0 Å². The van der Waals surface area contributed by atoms with Crippen LogP contribution in [0.5, 0.6) is 0 Å². The lowest BCUT2D eigenvalue weighted by Gasteiger charge is -2.23. The molecule has 0 aromatic carbocycles. The van der Waals surface area contributed by atoms with Crippen LogP contribution >= 0.6 is 0 Å². The molecule has 0 spiro atoms. The smallest absolute Gasteiger partial charge is 0.221 e. The van der Waals surface area contributed by atoms with Crippen LogP contribution < -0.4 is 11.1 Å². The maximum Gasteiger partial charge on any atom is 0.221 e. The van der Waals surface area contributed by atoms with Crippen LogP contribution in [0.15, 0.2) is 0 Å². The van der Waals surface area contributed by atoms with Gasteiger partial charge < -0.3 is 11.1 Å². The monoisotopic (exact) mass is 240 g/mol. The summed E-state index contributed by atoms with van der Waals surface area (Å²) in [5, 5.41) is 3.02. The lowest BCUT2D eigenvalue weighted by atomic mass is 9.87. The minimum atomic E-state index is -0.0152. The van der Waals surface area contributed by atoms with Crippen LogP contribution in [0.1, 0.15) is 59.3 Å². The first-order valence-electron chi connectivity index (χ1n) is 6.89. The fourth-order valence-corrected chi connectivity index (χ4v) is 2.64. The topological polar surface area (TPSA) is 55.1 Å². The number of hydrogen-bond acceptors (Lipinski definition) is 2. The zero-order valence-corrected chi connectivity index (χ0v) is 11.6. The number of nitrogens with one attached hydrogen (secondary N) is 1. The second-order valence-electron chi connectivity index (χ2n) is 6.68. The molecule has 0 radical (unpaired) electrons. The van der Waals surface area contributed by atoms with E-state index in [1.165, 1.54) is 25.7 Å². The van der Waals surface area contributed by atoms with E-state index in [-0.39, 0.29) is 17.4 Å². The Hall–Kier alpha value is -0.570. The van der Waals surface area contributed by atoms with Gasteiger partial charge in [-0.25, -0.2) is 0 Å². The Morgan fingerprint density at radius 2 is 1.94 bits per heavy atom. The number of rotatable bonds is 5. The summed E-state index contributed by atoms with van der Waals surface area (Å²) >= 11 is 0. The van der Waals surface area contributed by atoms with E-state index in [0.717, 1.165) is 13.0 Å². The summed E-state index contributed by atoms with van der Waals surface area (Å²) in [6.45, 7) is 7.32. The van der Waals surface area contributed by atoms with Gasteiger partial charge in [0.15, 0.2) is 0 Å². The van der Waals surface area contributed by atoms with Crippen molar-refractivity contribution in [3.05, 3.63) is 0 Å². The maximum absolute atomic E-state index is 11.7. The Morgan fingerprint density at radius 3 is 2.47 bits per heavy atom. The molecule has 0 aliphatic heterocycles. The average molecular weight is 240 g/mol. The normalized spacial score (nSPS) is 19.3. The Kier molecular flexibility index (Phi) is 5.44. The van der Waals surface area contributed by atoms with Crippen LogP contribution in [0.3, 0.4) is 0 Å².